The number of aliphatic hydroxyl groups is 1. The second kappa shape index (κ2) is 11.0. The summed E-state index contributed by atoms with van der Waals surface area (Å²) in [4.78, 5) is 0.784. The number of nitrogens with zero attached hydrogens (tertiary/aromatic N) is 1. The second-order valence-corrected chi connectivity index (χ2v) is 7.86. The maximum atomic E-state index is 14.3. The minimum absolute atomic E-state index is 0.0947. The zero-order chi connectivity index (χ0) is 28.3. The Hall–Kier alpha value is -3.68. The molecule has 38 heavy (non-hydrogen) atoms. The Morgan fingerprint density at radius 1 is 0.763 bits per heavy atom. The molecule has 3 aromatic carbocycles. The van der Waals surface area contributed by atoms with Crippen LogP contribution in [0.1, 0.15) is 11.1 Å². The van der Waals surface area contributed by atoms with Gasteiger partial charge in [0.2, 0.25) is 0 Å². The fourth-order valence-corrected chi connectivity index (χ4v) is 3.27. The Balaban J connectivity index is 1.93. The first-order valence-electron chi connectivity index (χ1n) is 10.5. The molecule has 0 aliphatic heterocycles. The van der Waals surface area contributed by atoms with E-state index in [-0.39, 0.29) is 17.2 Å². The van der Waals surface area contributed by atoms with Gasteiger partial charge in [0.25, 0.3) is 0 Å². The molecule has 1 atom stereocenters. The van der Waals surface area contributed by atoms with E-state index < -0.39 is 60.6 Å². The van der Waals surface area contributed by atoms with Crippen molar-refractivity contribution in [1.29, 1.82) is 0 Å². The Morgan fingerprint density at radius 3 is 1.97 bits per heavy atom. The van der Waals surface area contributed by atoms with Gasteiger partial charge < -0.3 is 19.5 Å². The number of aliphatic hydroxyl groups excluding tert-OH is 1. The molecule has 0 saturated heterocycles. The zero-order valence-corrected chi connectivity index (χ0v) is 18.8. The van der Waals surface area contributed by atoms with E-state index in [2.05, 4.69) is 4.74 Å². The number of hydrogen-bond acceptors (Lipinski definition) is 4. The van der Waals surface area contributed by atoms with Gasteiger partial charge in [0.1, 0.15) is 23.1 Å². The summed E-state index contributed by atoms with van der Waals surface area (Å²) < 4.78 is 139. The number of halogens is 10. The molecule has 0 aromatic heterocycles. The number of ether oxygens (including phenoxy) is 2. The van der Waals surface area contributed by atoms with Crippen LogP contribution in [0.25, 0.3) is 0 Å². The first-order valence-corrected chi connectivity index (χ1v) is 10.5. The third kappa shape index (κ3) is 8.16. The SMILES string of the molecule is OC(CN(Cc1cc(C(F)(F)F)ccc1F)c1cccc(Oc2cccc(OC(F)(F)F)c2)c1)C(F)(F)F. The van der Waals surface area contributed by atoms with Crippen LogP contribution >= 0.6 is 0 Å². The van der Waals surface area contributed by atoms with Crippen molar-refractivity contribution in [2.45, 2.75) is 31.4 Å². The van der Waals surface area contributed by atoms with Crippen molar-refractivity contribution in [3.8, 4) is 17.2 Å². The molecule has 3 aromatic rings. The maximum Gasteiger partial charge on any atom is 0.573 e. The van der Waals surface area contributed by atoms with E-state index in [4.69, 9.17) is 4.74 Å². The monoisotopic (exact) mass is 557 g/mol. The predicted octanol–water partition coefficient (Wildman–Crippen LogP) is 7.47. The van der Waals surface area contributed by atoms with Gasteiger partial charge in [0, 0.05) is 29.9 Å². The Kier molecular flexibility index (Phi) is 8.34. The molecule has 0 spiro atoms. The van der Waals surface area contributed by atoms with E-state index in [1.165, 1.54) is 30.3 Å². The molecule has 14 heteroatoms. The van der Waals surface area contributed by atoms with E-state index in [0.29, 0.717) is 18.2 Å². The summed E-state index contributed by atoms with van der Waals surface area (Å²) in [6, 6.07) is 10.7. The van der Waals surface area contributed by atoms with Crippen molar-refractivity contribution in [2.24, 2.45) is 0 Å². The molecule has 0 fully saturated rings. The largest absolute Gasteiger partial charge is 0.573 e. The van der Waals surface area contributed by atoms with Gasteiger partial charge in [-0.3, -0.25) is 0 Å². The smallest absolute Gasteiger partial charge is 0.457 e. The van der Waals surface area contributed by atoms with Crippen molar-refractivity contribution >= 4 is 5.69 Å². The lowest BCUT2D eigenvalue weighted by Gasteiger charge is -2.29. The minimum atomic E-state index is -5.10. The highest BCUT2D eigenvalue weighted by Crippen LogP contribution is 2.34. The number of alkyl halides is 9. The molecule has 0 aliphatic rings. The van der Waals surface area contributed by atoms with Gasteiger partial charge in [0.15, 0.2) is 6.10 Å². The van der Waals surface area contributed by atoms with Crippen LogP contribution in [0.5, 0.6) is 17.2 Å². The number of rotatable bonds is 8. The van der Waals surface area contributed by atoms with Gasteiger partial charge in [-0.05, 0) is 42.5 Å². The summed E-state index contributed by atoms with van der Waals surface area (Å²) in [6.07, 6.45) is -17.9. The van der Waals surface area contributed by atoms with Gasteiger partial charge in [-0.2, -0.15) is 26.3 Å². The van der Waals surface area contributed by atoms with Crippen LogP contribution in [0.2, 0.25) is 0 Å². The molecule has 1 unspecified atom stereocenters. The summed E-state index contributed by atoms with van der Waals surface area (Å²) in [6.45, 7) is -1.99. The fourth-order valence-electron chi connectivity index (χ4n) is 3.27. The van der Waals surface area contributed by atoms with Crippen LogP contribution < -0.4 is 14.4 Å². The van der Waals surface area contributed by atoms with Crippen LogP contribution in [0.3, 0.4) is 0 Å². The molecule has 0 amide bonds. The topological polar surface area (TPSA) is 41.9 Å². The number of benzene rings is 3. The number of anilines is 1. The first kappa shape index (κ1) is 28.9. The molecule has 206 valence electrons. The summed E-state index contributed by atoms with van der Waals surface area (Å²) in [7, 11) is 0. The van der Waals surface area contributed by atoms with Crippen molar-refractivity contribution in [2.75, 3.05) is 11.4 Å². The number of hydrogen-bond donors (Lipinski definition) is 1. The Labute approximate surface area is 208 Å². The molecule has 0 aliphatic carbocycles. The zero-order valence-electron chi connectivity index (χ0n) is 18.8. The average Bonchev–Trinajstić information content (AvgIpc) is 2.77. The van der Waals surface area contributed by atoms with Gasteiger partial charge in [-0.15, -0.1) is 13.2 Å². The molecule has 0 saturated carbocycles. The van der Waals surface area contributed by atoms with E-state index in [1.807, 2.05) is 0 Å². The molecular weight excluding hydrogens is 540 g/mol. The summed E-state index contributed by atoms with van der Waals surface area (Å²) >= 11 is 0. The van der Waals surface area contributed by atoms with E-state index >= 15 is 0 Å². The van der Waals surface area contributed by atoms with Gasteiger partial charge in [-0.1, -0.05) is 12.1 Å². The standard InChI is InChI=1S/C24H17F10NO3/c25-20-8-7-15(22(26,27)28)9-14(20)12-35(13-21(36)23(29,30)31)16-3-1-4-17(10-16)37-18-5-2-6-19(11-18)38-24(32,33)34/h1-11,21,36H,12-13H2. The Bertz CT molecular complexity index is 1240. The Morgan fingerprint density at radius 2 is 1.37 bits per heavy atom. The van der Waals surface area contributed by atoms with Crippen LogP contribution in [0.15, 0.2) is 66.7 Å². The normalized spacial score (nSPS) is 13.2. The molecule has 0 radical (unpaired) electrons. The lowest BCUT2D eigenvalue weighted by Crippen LogP contribution is -2.41. The third-order valence-electron chi connectivity index (χ3n) is 4.96. The average molecular weight is 557 g/mol. The third-order valence-corrected chi connectivity index (χ3v) is 4.96. The van der Waals surface area contributed by atoms with Gasteiger partial charge in [0.05, 0.1) is 12.1 Å². The maximum absolute atomic E-state index is 14.3. The van der Waals surface area contributed by atoms with E-state index in [1.54, 1.807) is 0 Å². The van der Waals surface area contributed by atoms with Crippen LogP contribution in [0, 0.1) is 5.82 Å². The second-order valence-electron chi connectivity index (χ2n) is 7.86. The van der Waals surface area contributed by atoms with E-state index in [9.17, 15) is 49.0 Å². The predicted molar refractivity (Wildman–Crippen MR) is 114 cm³/mol. The van der Waals surface area contributed by atoms with Crippen molar-refractivity contribution in [1.82, 2.24) is 0 Å². The van der Waals surface area contributed by atoms with Gasteiger partial charge >= 0.3 is 18.7 Å². The quantitative estimate of drug-likeness (QED) is 0.292. The summed E-state index contributed by atoms with van der Waals surface area (Å²) in [5, 5.41) is 9.60. The molecule has 4 nitrogen and oxygen atoms in total. The highest BCUT2D eigenvalue weighted by Gasteiger charge is 2.39. The van der Waals surface area contributed by atoms with Crippen LogP contribution in [-0.2, 0) is 12.7 Å². The highest BCUT2D eigenvalue weighted by molar-refractivity contribution is 5.52. The molecule has 1 N–H and O–H groups in total. The van der Waals surface area contributed by atoms with Gasteiger partial charge in [-0.25, -0.2) is 4.39 Å². The van der Waals surface area contributed by atoms with E-state index in [0.717, 1.165) is 23.1 Å². The molecule has 0 bridgehead atoms. The molecule has 0 heterocycles. The lowest BCUT2D eigenvalue weighted by molar-refractivity contribution is -0.274. The fraction of sp³-hybridized carbons (Fsp3) is 0.250. The summed E-state index contributed by atoms with van der Waals surface area (Å²) in [5.74, 6) is -1.98. The van der Waals surface area contributed by atoms with Crippen molar-refractivity contribution in [3.63, 3.8) is 0 Å². The highest BCUT2D eigenvalue weighted by atomic mass is 19.4. The van der Waals surface area contributed by atoms with Crippen LogP contribution in [-0.4, -0.2) is 30.3 Å². The van der Waals surface area contributed by atoms with Crippen LogP contribution in [0.4, 0.5) is 49.6 Å². The lowest BCUT2D eigenvalue weighted by atomic mass is 10.1. The first-order chi connectivity index (χ1) is 17.5. The minimum Gasteiger partial charge on any atom is -0.457 e. The van der Waals surface area contributed by atoms with Crippen molar-refractivity contribution in [3.05, 3.63) is 83.7 Å². The van der Waals surface area contributed by atoms with Crippen molar-refractivity contribution < 1.29 is 58.5 Å². The molecule has 3 rings (SSSR count). The molecular formula is C24H17F10NO3. The summed E-state index contributed by atoms with van der Waals surface area (Å²) in [5.41, 5.74) is -1.95.